The van der Waals surface area contributed by atoms with Crippen LogP contribution in [0.3, 0.4) is 0 Å². The van der Waals surface area contributed by atoms with E-state index in [0.717, 1.165) is 17.1 Å². The summed E-state index contributed by atoms with van der Waals surface area (Å²) >= 11 is 1.78. The summed E-state index contributed by atoms with van der Waals surface area (Å²) in [5.74, 6) is 2.51. The van der Waals surface area contributed by atoms with Crippen molar-refractivity contribution in [3.63, 3.8) is 0 Å². The topological polar surface area (TPSA) is 59.1 Å². The maximum absolute atomic E-state index is 9.84. The monoisotopic (exact) mass is 240 g/mol. The third-order valence-corrected chi connectivity index (χ3v) is 3.68. The molecule has 3 N–H and O–H groups in total. The van der Waals surface area contributed by atoms with Gasteiger partial charge in [-0.1, -0.05) is 13.8 Å². The number of aromatic nitrogens is 1. The molecule has 1 unspecified atom stereocenters. The lowest BCUT2D eigenvalue weighted by atomic mass is 10.1. The predicted octanol–water partition coefficient (Wildman–Crippen LogP) is 1.96. The van der Waals surface area contributed by atoms with Gasteiger partial charge in [-0.25, -0.2) is 0 Å². The molecule has 1 aromatic rings. The average molecular weight is 240 g/mol. The lowest BCUT2D eigenvalue weighted by Gasteiger charge is -2.12. The average Bonchev–Trinajstić information content (AvgIpc) is 2.21. The van der Waals surface area contributed by atoms with E-state index < -0.39 is 0 Å². The van der Waals surface area contributed by atoms with Crippen LogP contribution in [-0.2, 0) is 6.42 Å². The van der Waals surface area contributed by atoms with Crippen LogP contribution in [0.5, 0.6) is 0 Å². The van der Waals surface area contributed by atoms with E-state index in [4.69, 9.17) is 5.73 Å². The Morgan fingerprint density at radius 2 is 2.19 bits per heavy atom. The Bertz CT molecular complexity index is 318. The maximum Gasteiger partial charge on any atom is 0.0672 e. The summed E-state index contributed by atoms with van der Waals surface area (Å²) in [7, 11) is 0. The minimum absolute atomic E-state index is 0.338. The van der Waals surface area contributed by atoms with Crippen LogP contribution < -0.4 is 5.73 Å². The summed E-state index contributed by atoms with van der Waals surface area (Å²) in [5, 5.41) is 9.84. The summed E-state index contributed by atoms with van der Waals surface area (Å²) in [6, 6.07) is 1.77. The molecule has 1 rings (SSSR count). The highest BCUT2D eigenvalue weighted by Crippen LogP contribution is 2.15. The van der Waals surface area contributed by atoms with Gasteiger partial charge in [-0.3, -0.25) is 4.98 Å². The normalized spacial score (nSPS) is 13.0. The van der Waals surface area contributed by atoms with Gasteiger partial charge >= 0.3 is 0 Å². The smallest absolute Gasteiger partial charge is 0.0672 e. The Morgan fingerprint density at radius 3 is 2.81 bits per heavy atom. The van der Waals surface area contributed by atoms with Crippen LogP contribution in [0, 0.1) is 5.92 Å². The van der Waals surface area contributed by atoms with Gasteiger partial charge in [0, 0.05) is 30.3 Å². The molecule has 4 heteroatoms. The number of pyridine rings is 1. The Balaban J connectivity index is 2.34. The van der Waals surface area contributed by atoms with Gasteiger partial charge in [0.05, 0.1) is 6.10 Å². The van der Waals surface area contributed by atoms with Gasteiger partial charge in [-0.05, 0) is 23.3 Å². The molecule has 0 aliphatic heterocycles. The maximum atomic E-state index is 9.84. The Kier molecular flexibility index (Phi) is 5.63. The van der Waals surface area contributed by atoms with Crippen molar-refractivity contribution in [3.8, 4) is 0 Å². The quantitative estimate of drug-likeness (QED) is 0.798. The number of nitrogen functional groups attached to an aromatic ring is 1. The molecule has 0 radical (unpaired) electrons. The highest BCUT2D eigenvalue weighted by molar-refractivity contribution is 7.99. The number of nitrogens with zero attached hydrogens (tertiary/aromatic N) is 1. The number of aliphatic hydroxyl groups is 1. The molecule has 0 aliphatic rings. The molecule has 0 saturated heterocycles. The largest absolute Gasteiger partial charge is 0.398 e. The fourth-order valence-electron chi connectivity index (χ4n) is 1.36. The molecule has 0 spiro atoms. The van der Waals surface area contributed by atoms with E-state index in [-0.39, 0.29) is 6.10 Å². The SMILES string of the molecule is CC(C)CSCC(O)Cc1cnccc1N. The van der Waals surface area contributed by atoms with Crippen molar-refractivity contribution in [3.05, 3.63) is 24.0 Å². The van der Waals surface area contributed by atoms with Crippen LogP contribution in [-0.4, -0.2) is 27.7 Å². The molecule has 1 heterocycles. The molecule has 1 aromatic heterocycles. The highest BCUT2D eigenvalue weighted by Gasteiger charge is 2.08. The number of hydrogen-bond acceptors (Lipinski definition) is 4. The van der Waals surface area contributed by atoms with Crippen LogP contribution in [0.4, 0.5) is 5.69 Å². The molecule has 0 fully saturated rings. The first-order valence-corrected chi connectivity index (χ1v) is 6.69. The zero-order valence-electron chi connectivity index (χ0n) is 9.89. The van der Waals surface area contributed by atoms with Crippen molar-refractivity contribution in [1.29, 1.82) is 0 Å². The van der Waals surface area contributed by atoms with E-state index in [1.807, 2.05) is 0 Å². The number of hydrogen-bond donors (Lipinski definition) is 2. The van der Waals surface area contributed by atoms with Crippen molar-refractivity contribution in [2.24, 2.45) is 5.92 Å². The molecule has 16 heavy (non-hydrogen) atoms. The Hall–Kier alpha value is -0.740. The fourth-order valence-corrected chi connectivity index (χ4v) is 2.36. The summed E-state index contributed by atoms with van der Waals surface area (Å²) in [6.45, 7) is 4.36. The van der Waals surface area contributed by atoms with E-state index in [1.54, 1.807) is 30.2 Å². The van der Waals surface area contributed by atoms with Gasteiger partial charge in [0.25, 0.3) is 0 Å². The molecule has 0 aliphatic carbocycles. The van der Waals surface area contributed by atoms with Crippen LogP contribution in [0.15, 0.2) is 18.5 Å². The van der Waals surface area contributed by atoms with Gasteiger partial charge in [0.2, 0.25) is 0 Å². The summed E-state index contributed by atoms with van der Waals surface area (Å²) < 4.78 is 0. The van der Waals surface area contributed by atoms with Crippen LogP contribution in [0.25, 0.3) is 0 Å². The molecule has 0 bridgehead atoms. The second-order valence-corrected chi connectivity index (χ2v) is 5.44. The van der Waals surface area contributed by atoms with Crippen LogP contribution >= 0.6 is 11.8 Å². The van der Waals surface area contributed by atoms with E-state index in [0.29, 0.717) is 18.0 Å². The zero-order chi connectivity index (χ0) is 12.0. The molecular formula is C12H20N2OS. The first-order valence-electron chi connectivity index (χ1n) is 5.53. The molecule has 0 amide bonds. The molecular weight excluding hydrogens is 220 g/mol. The number of nitrogens with two attached hydrogens (primary N) is 1. The van der Waals surface area contributed by atoms with Crippen LogP contribution in [0.1, 0.15) is 19.4 Å². The van der Waals surface area contributed by atoms with Gasteiger partial charge in [-0.15, -0.1) is 0 Å². The molecule has 1 atom stereocenters. The van der Waals surface area contributed by atoms with Crippen LogP contribution in [0.2, 0.25) is 0 Å². The fraction of sp³-hybridized carbons (Fsp3) is 0.583. The number of rotatable bonds is 6. The predicted molar refractivity (Wildman–Crippen MR) is 70.5 cm³/mol. The Labute approximate surface area is 101 Å². The molecule has 3 nitrogen and oxygen atoms in total. The second kappa shape index (κ2) is 6.76. The van der Waals surface area contributed by atoms with E-state index in [1.165, 1.54) is 0 Å². The second-order valence-electron chi connectivity index (χ2n) is 4.36. The minimum atomic E-state index is -0.338. The number of anilines is 1. The third kappa shape index (κ3) is 4.86. The van der Waals surface area contributed by atoms with E-state index in [2.05, 4.69) is 18.8 Å². The van der Waals surface area contributed by atoms with Gasteiger partial charge in [-0.2, -0.15) is 11.8 Å². The Morgan fingerprint density at radius 1 is 1.44 bits per heavy atom. The highest BCUT2D eigenvalue weighted by atomic mass is 32.2. The van der Waals surface area contributed by atoms with Crippen molar-refractivity contribution < 1.29 is 5.11 Å². The first kappa shape index (κ1) is 13.3. The molecule has 0 saturated carbocycles. The van der Waals surface area contributed by atoms with Crippen molar-refractivity contribution in [2.45, 2.75) is 26.4 Å². The minimum Gasteiger partial charge on any atom is -0.398 e. The van der Waals surface area contributed by atoms with Gasteiger partial charge in [0.15, 0.2) is 0 Å². The van der Waals surface area contributed by atoms with Gasteiger partial charge in [0.1, 0.15) is 0 Å². The van der Waals surface area contributed by atoms with Gasteiger partial charge < -0.3 is 10.8 Å². The number of thioether (sulfide) groups is 1. The van der Waals surface area contributed by atoms with E-state index >= 15 is 0 Å². The van der Waals surface area contributed by atoms with Crippen molar-refractivity contribution in [2.75, 3.05) is 17.2 Å². The zero-order valence-corrected chi connectivity index (χ0v) is 10.7. The van der Waals surface area contributed by atoms with Crippen molar-refractivity contribution in [1.82, 2.24) is 4.98 Å². The lowest BCUT2D eigenvalue weighted by molar-refractivity contribution is 0.200. The first-order chi connectivity index (χ1) is 7.59. The summed E-state index contributed by atoms with van der Waals surface area (Å²) in [5.41, 5.74) is 7.43. The molecule has 0 aromatic carbocycles. The summed E-state index contributed by atoms with van der Waals surface area (Å²) in [4.78, 5) is 4.01. The standard InChI is InChI=1S/C12H20N2OS/c1-9(2)7-16-8-11(15)5-10-6-14-4-3-12(10)13/h3-4,6,9,11,15H,5,7-8H2,1-2H3,(H2,13,14). The van der Waals surface area contributed by atoms with Crippen molar-refractivity contribution >= 4 is 17.4 Å². The number of aliphatic hydroxyl groups excluding tert-OH is 1. The lowest BCUT2D eigenvalue weighted by Crippen LogP contribution is -2.15. The third-order valence-electron chi connectivity index (χ3n) is 2.16. The molecule has 90 valence electrons. The summed E-state index contributed by atoms with van der Waals surface area (Å²) in [6.07, 6.45) is 3.64. The van der Waals surface area contributed by atoms with E-state index in [9.17, 15) is 5.11 Å².